The van der Waals surface area contributed by atoms with Crippen molar-refractivity contribution < 1.29 is 43.2 Å². The Morgan fingerprint density at radius 3 is 2.33 bits per heavy atom. The number of carbonyl (C=O) groups is 4. The van der Waals surface area contributed by atoms with Crippen LogP contribution in [0.5, 0.6) is 5.75 Å². The lowest BCUT2D eigenvalue weighted by Gasteiger charge is -2.43. The Kier molecular flexibility index (Phi) is 10.8. The Balaban J connectivity index is 2.40. The Morgan fingerprint density at radius 2 is 1.75 bits per heavy atom. The summed E-state index contributed by atoms with van der Waals surface area (Å²) in [5.41, 5.74) is 8.99. The molecule has 12 nitrogen and oxygen atoms in total. The van der Waals surface area contributed by atoms with E-state index in [1.54, 1.807) is 13.0 Å². The molecule has 0 radical (unpaired) electrons. The Hall–Kier alpha value is -3.47. The number of unbranched alkanes of at least 4 members (excludes halogenated alkanes) is 1. The van der Waals surface area contributed by atoms with Crippen LogP contribution < -0.4 is 4.74 Å². The van der Waals surface area contributed by atoms with Gasteiger partial charge in [-0.2, -0.15) is 0 Å². The second-order valence-corrected chi connectivity index (χ2v) is 8.48. The summed E-state index contributed by atoms with van der Waals surface area (Å²) in [5, 5.41) is 13.0. The Bertz CT molecular complexity index is 1020. The number of carbonyl (C=O) groups excluding carboxylic acids is 4. The lowest BCUT2D eigenvalue weighted by Crippen LogP contribution is -2.59. The maximum absolute atomic E-state index is 13.0. The van der Waals surface area contributed by atoms with E-state index in [0.29, 0.717) is 18.4 Å². The van der Waals surface area contributed by atoms with Gasteiger partial charge in [0.2, 0.25) is 12.4 Å². The maximum atomic E-state index is 13.0. The summed E-state index contributed by atoms with van der Waals surface area (Å²) in [4.78, 5) is 51.6. The van der Waals surface area contributed by atoms with Gasteiger partial charge in [-0.1, -0.05) is 18.1 Å². The van der Waals surface area contributed by atoms with Crippen LogP contribution >= 0.6 is 0 Å². The third-order valence-corrected chi connectivity index (χ3v) is 5.62. The zero-order chi connectivity index (χ0) is 26.8. The van der Waals surface area contributed by atoms with Gasteiger partial charge in [0.15, 0.2) is 17.7 Å². The van der Waals surface area contributed by atoms with Crippen molar-refractivity contribution in [3.63, 3.8) is 0 Å². The van der Waals surface area contributed by atoms with Gasteiger partial charge in [0.1, 0.15) is 11.9 Å². The minimum atomic E-state index is -1.38. The number of aliphatic hydroxyl groups is 1. The number of esters is 2. The summed E-state index contributed by atoms with van der Waals surface area (Å²) in [6, 6.07) is 4.49. The molecule has 1 N–H and O–H groups in total. The van der Waals surface area contributed by atoms with Crippen molar-refractivity contribution >= 4 is 23.5 Å². The molecule has 1 saturated heterocycles. The van der Waals surface area contributed by atoms with E-state index in [1.807, 2.05) is 0 Å². The number of hydrogen-bond acceptors (Lipinski definition) is 10. The molecular weight excluding hydrogens is 474 g/mol. The van der Waals surface area contributed by atoms with Crippen LogP contribution in [0.15, 0.2) is 23.3 Å². The molecule has 0 aliphatic carbocycles. The molecule has 196 valence electrons. The van der Waals surface area contributed by atoms with E-state index in [-0.39, 0.29) is 42.5 Å². The third kappa shape index (κ3) is 7.77. The van der Waals surface area contributed by atoms with Crippen LogP contribution in [0, 0.1) is 5.92 Å². The number of azide groups is 1. The topological polar surface area (TPSA) is 174 Å². The largest absolute Gasteiger partial charge is 0.460 e. The van der Waals surface area contributed by atoms with Crippen LogP contribution in [0.2, 0.25) is 0 Å². The number of benzene rings is 1. The lowest BCUT2D eigenvalue weighted by molar-refractivity contribution is -0.261. The molecule has 0 spiro atoms. The number of nitrogens with zero attached hydrogens (tertiary/aromatic N) is 3. The minimum Gasteiger partial charge on any atom is -0.460 e. The maximum Gasteiger partial charge on any atom is 0.303 e. The Morgan fingerprint density at radius 1 is 1.08 bits per heavy atom. The molecule has 0 bridgehead atoms. The van der Waals surface area contributed by atoms with Crippen molar-refractivity contribution in [3.8, 4) is 5.75 Å². The van der Waals surface area contributed by atoms with Crippen LogP contribution in [0.25, 0.3) is 10.4 Å². The first kappa shape index (κ1) is 28.8. The zero-order valence-electron chi connectivity index (χ0n) is 20.7. The molecule has 1 aliphatic rings. The fourth-order valence-corrected chi connectivity index (χ4v) is 3.98. The number of aliphatic hydroxyl groups excluding tert-OH is 1. The van der Waals surface area contributed by atoms with Crippen molar-refractivity contribution in [2.75, 3.05) is 6.54 Å². The molecular formula is C24H31N3O9. The average molecular weight is 506 g/mol. The van der Waals surface area contributed by atoms with E-state index in [4.69, 9.17) is 24.5 Å². The first-order valence-corrected chi connectivity index (χ1v) is 11.5. The molecule has 1 aromatic rings. The first-order chi connectivity index (χ1) is 17.1. The molecule has 0 aromatic heterocycles. The monoisotopic (exact) mass is 505 g/mol. The molecule has 0 amide bonds. The Labute approximate surface area is 208 Å². The summed E-state index contributed by atoms with van der Waals surface area (Å²) < 4.78 is 22.6. The highest BCUT2D eigenvalue weighted by Gasteiger charge is 2.50. The van der Waals surface area contributed by atoms with Crippen LogP contribution in [0.1, 0.15) is 62.9 Å². The second kappa shape index (κ2) is 13.6. The molecule has 2 rings (SSSR count). The molecule has 0 unspecified atom stereocenters. The van der Waals surface area contributed by atoms with Crippen molar-refractivity contribution in [2.45, 2.75) is 78.2 Å². The second-order valence-electron chi connectivity index (χ2n) is 8.48. The number of ketones is 2. The van der Waals surface area contributed by atoms with Crippen LogP contribution in [-0.2, 0) is 35.2 Å². The van der Waals surface area contributed by atoms with E-state index in [1.165, 1.54) is 32.9 Å². The summed E-state index contributed by atoms with van der Waals surface area (Å²) in [5.74, 6) is -2.54. The van der Waals surface area contributed by atoms with Gasteiger partial charge in [0.25, 0.3) is 0 Å². The van der Waals surface area contributed by atoms with Crippen LogP contribution in [-0.4, -0.2) is 59.8 Å². The van der Waals surface area contributed by atoms with Crippen molar-refractivity contribution in [1.82, 2.24) is 0 Å². The number of hydrogen-bond donors (Lipinski definition) is 1. The molecule has 1 heterocycles. The molecule has 36 heavy (non-hydrogen) atoms. The summed E-state index contributed by atoms with van der Waals surface area (Å²) in [6.07, 6.45) is -3.59. The highest BCUT2D eigenvalue weighted by molar-refractivity contribution is 5.98. The van der Waals surface area contributed by atoms with Crippen LogP contribution in [0.3, 0.4) is 0 Å². The number of rotatable bonds is 12. The van der Waals surface area contributed by atoms with E-state index in [2.05, 4.69) is 10.0 Å². The van der Waals surface area contributed by atoms with Gasteiger partial charge in [-0.05, 0) is 43.0 Å². The van der Waals surface area contributed by atoms with Gasteiger partial charge in [0, 0.05) is 37.6 Å². The van der Waals surface area contributed by atoms with Gasteiger partial charge in [0.05, 0.1) is 12.2 Å². The smallest absolute Gasteiger partial charge is 0.303 e. The minimum absolute atomic E-state index is 0.0767. The molecule has 1 aliphatic heterocycles. The zero-order valence-corrected chi connectivity index (χ0v) is 20.7. The average Bonchev–Trinajstić information content (AvgIpc) is 2.82. The summed E-state index contributed by atoms with van der Waals surface area (Å²) in [6.45, 7) is 5.26. The van der Waals surface area contributed by atoms with Gasteiger partial charge in [-0.25, -0.2) is 0 Å². The van der Waals surface area contributed by atoms with E-state index >= 15 is 0 Å². The standard InChI is InChI=1S/C24H31N3O9/c1-13-21(14(2)29)36-24(23(34-16(4)31)22(13)33-15(3)30)35-20-9-8-17(12-28)11-18(20)19(32)7-5-6-10-26-27-25/h8-9,11,13,21-24,28H,5-7,10,12H2,1-4H3/t13-,21+,22+,23-,24-/m1/s1. The lowest BCUT2D eigenvalue weighted by atomic mass is 9.88. The molecule has 12 heteroatoms. The highest BCUT2D eigenvalue weighted by atomic mass is 16.7. The fourth-order valence-electron chi connectivity index (χ4n) is 3.98. The molecule has 5 atom stereocenters. The quantitative estimate of drug-likeness (QED) is 0.112. The van der Waals surface area contributed by atoms with Crippen molar-refractivity contribution in [1.29, 1.82) is 0 Å². The fraction of sp³-hybridized carbons (Fsp3) is 0.583. The molecule has 0 saturated carbocycles. The number of Topliss-reactive ketones (excluding diaryl/α,β-unsaturated/α-hetero) is 2. The van der Waals surface area contributed by atoms with Crippen molar-refractivity contribution in [2.24, 2.45) is 11.0 Å². The van der Waals surface area contributed by atoms with Gasteiger partial charge in [-0.3, -0.25) is 19.2 Å². The third-order valence-electron chi connectivity index (χ3n) is 5.62. The summed E-state index contributed by atoms with van der Waals surface area (Å²) >= 11 is 0. The van der Waals surface area contributed by atoms with Gasteiger partial charge < -0.3 is 24.1 Å². The van der Waals surface area contributed by atoms with Crippen molar-refractivity contribution in [3.05, 3.63) is 39.8 Å². The molecule has 1 fully saturated rings. The molecule has 1 aromatic carbocycles. The van der Waals surface area contributed by atoms with E-state index in [9.17, 15) is 24.3 Å². The highest BCUT2D eigenvalue weighted by Crippen LogP contribution is 2.34. The SMILES string of the molecule is CC(=O)O[C@H]1[C@H](Oc2ccc(CO)cc2C(=O)CCCCN=[N+]=[N-])O[C@H](C(C)=O)[C@@H](C)[C@@H]1OC(C)=O. The predicted molar refractivity (Wildman–Crippen MR) is 125 cm³/mol. The first-order valence-electron chi connectivity index (χ1n) is 11.5. The number of ether oxygens (including phenoxy) is 4. The normalized spacial score (nSPS) is 23.2. The van der Waals surface area contributed by atoms with Gasteiger partial charge in [-0.15, -0.1) is 0 Å². The van der Waals surface area contributed by atoms with E-state index < -0.39 is 42.5 Å². The van der Waals surface area contributed by atoms with Crippen LogP contribution in [0.4, 0.5) is 0 Å². The summed E-state index contributed by atoms with van der Waals surface area (Å²) in [7, 11) is 0. The van der Waals surface area contributed by atoms with E-state index in [0.717, 1.165) is 0 Å². The predicted octanol–water partition coefficient (Wildman–Crippen LogP) is 3.03. The van der Waals surface area contributed by atoms with Gasteiger partial charge >= 0.3 is 11.9 Å².